The molecule has 2 aliphatic carbocycles. The molecule has 1 saturated carbocycles. The van der Waals surface area contributed by atoms with E-state index in [9.17, 15) is 0 Å². The molecular formula is C15H25N. The first-order valence-electron chi connectivity index (χ1n) is 6.99. The van der Waals surface area contributed by atoms with Crippen LogP contribution in [0.3, 0.4) is 0 Å². The van der Waals surface area contributed by atoms with Gasteiger partial charge in [0, 0.05) is 6.04 Å². The third kappa shape index (κ3) is 3.21. The molecule has 90 valence electrons. The van der Waals surface area contributed by atoms with E-state index < -0.39 is 0 Å². The molecule has 1 fully saturated rings. The zero-order valence-corrected chi connectivity index (χ0v) is 10.5. The van der Waals surface area contributed by atoms with Gasteiger partial charge in [0.15, 0.2) is 0 Å². The molecule has 1 atom stereocenters. The van der Waals surface area contributed by atoms with Gasteiger partial charge in [-0.25, -0.2) is 0 Å². The third-order valence-electron chi connectivity index (χ3n) is 3.97. The summed E-state index contributed by atoms with van der Waals surface area (Å²) in [6.45, 7) is 3.39. The lowest BCUT2D eigenvalue weighted by Gasteiger charge is -2.28. The third-order valence-corrected chi connectivity index (χ3v) is 3.97. The molecule has 1 N–H and O–H groups in total. The predicted molar refractivity (Wildman–Crippen MR) is 70.5 cm³/mol. The van der Waals surface area contributed by atoms with E-state index in [4.69, 9.17) is 0 Å². The number of allylic oxidation sites excluding steroid dienone is 2. The summed E-state index contributed by atoms with van der Waals surface area (Å²) in [7, 11) is 0. The van der Waals surface area contributed by atoms with Gasteiger partial charge in [-0.3, -0.25) is 0 Å². The van der Waals surface area contributed by atoms with Gasteiger partial charge in [0.05, 0.1) is 0 Å². The van der Waals surface area contributed by atoms with E-state index >= 15 is 0 Å². The highest BCUT2D eigenvalue weighted by molar-refractivity contribution is 5.24. The Morgan fingerprint density at radius 1 is 1.38 bits per heavy atom. The highest BCUT2D eigenvalue weighted by Crippen LogP contribution is 2.32. The quantitative estimate of drug-likeness (QED) is 0.716. The van der Waals surface area contributed by atoms with Crippen molar-refractivity contribution >= 4 is 0 Å². The normalized spacial score (nSPS) is 25.3. The molecular weight excluding hydrogens is 194 g/mol. The van der Waals surface area contributed by atoms with E-state index in [2.05, 4.69) is 30.5 Å². The Kier molecular flexibility index (Phi) is 4.65. The van der Waals surface area contributed by atoms with Crippen LogP contribution in [-0.4, -0.2) is 12.6 Å². The van der Waals surface area contributed by atoms with Gasteiger partial charge in [-0.1, -0.05) is 50.0 Å². The molecule has 0 saturated heterocycles. The Balaban J connectivity index is 1.78. The van der Waals surface area contributed by atoms with E-state index in [1.807, 2.05) is 0 Å². The second-order valence-corrected chi connectivity index (χ2v) is 5.25. The maximum absolute atomic E-state index is 3.66. The second kappa shape index (κ2) is 6.24. The fourth-order valence-corrected chi connectivity index (χ4v) is 2.62. The lowest BCUT2D eigenvalue weighted by atomic mass is 9.80. The molecule has 2 aliphatic rings. The van der Waals surface area contributed by atoms with Crippen molar-refractivity contribution in [1.29, 1.82) is 0 Å². The number of hydrogen-bond donors (Lipinski definition) is 1. The molecule has 0 heterocycles. The minimum atomic E-state index is 0.630. The largest absolute Gasteiger partial charge is 0.310 e. The molecule has 0 aromatic carbocycles. The van der Waals surface area contributed by atoms with Crippen LogP contribution in [0, 0.1) is 5.92 Å². The molecule has 0 spiro atoms. The summed E-state index contributed by atoms with van der Waals surface area (Å²) in [6.07, 6.45) is 16.5. The van der Waals surface area contributed by atoms with Crippen molar-refractivity contribution in [3.8, 4) is 0 Å². The van der Waals surface area contributed by atoms with Gasteiger partial charge in [0.1, 0.15) is 0 Å². The highest BCUT2D eigenvalue weighted by atomic mass is 14.9. The highest BCUT2D eigenvalue weighted by Gasteiger charge is 2.20. The van der Waals surface area contributed by atoms with Gasteiger partial charge in [-0.15, -0.1) is 0 Å². The van der Waals surface area contributed by atoms with Crippen LogP contribution in [0.25, 0.3) is 0 Å². The van der Waals surface area contributed by atoms with Crippen LogP contribution in [0.1, 0.15) is 51.9 Å². The van der Waals surface area contributed by atoms with Crippen LogP contribution in [0.5, 0.6) is 0 Å². The zero-order valence-electron chi connectivity index (χ0n) is 10.5. The first-order chi connectivity index (χ1) is 7.90. The van der Waals surface area contributed by atoms with Crippen molar-refractivity contribution in [2.45, 2.75) is 57.9 Å². The van der Waals surface area contributed by atoms with Crippen LogP contribution in [-0.2, 0) is 0 Å². The minimum Gasteiger partial charge on any atom is -0.310 e. The van der Waals surface area contributed by atoms with Crippen molar-refractivity contribution < 1.29 is 0 Å². The van der Waals surface area contributed by atoms with Gasteiger partial charge < -0.3 is 5.32 Å². The molecule has 0 aromatic rings. The molecule has 0 radical (unpaired) electrons. The fraction of sp³-hybridized carbons (Fsp3) is 0.733. The monoisotopic (exact) mass is 219 g/mol. The number of hydrogen-bond acceptors (Lipinski definition) is 1. The number of nitrogens with one attached hydrogen (secondary N) is 1. The smallest absolute Gasteiger partial charge is 0.0317 e. The molecule has 0 aromatic heterocycles. The van der Waals surface area contributed by atoms with E-state index in [0.717, 1.165) is 12.5 Å². The molecule has 1 heteroatoms. The van der Waals surface area contributed by atoms with E-state index in [1.54, 1.807) is 5.57 Å². The average molecular weight is 219 g/mol. The Hall–Kier alpha value is -0.560. The average Bonchev–Trinajstić information content (AvgIpc) is 2.26. The van der Waals surface area contributed by atoms with Gasteiger partial charge >= 0.3 is 0 Å². The summed E-state index contributed by atoms with van der Waals surface area (Å²) in [4.78, 5) is 0. The fourth-order valence-electron chi connectivity index (χ4n) is 2.62. The summed E-state index contributed by atoms with van der Waals surface area (Å²) in [6, 6.07) is 0.630. The minimum absolute atomic E-state index is 0.630. The Labute approximate surface area is 100 Å². The van der Waals surface area contributed by atoms with Crippen LogP contribution < -0.4 is 5.32 Å². The van der Waals surface area contributed by atoms with Gasteiger partial charge in [-0.05, 0) is 38.1 Å². The van der Waals surface area contributed by atoms with Crippen molar-refractivity contribution in [2.75, 3.05) is 6.54 Å². The Morgan fingerprint density at radius 2 is 2.25 bits per heavy atom. The molecule has 0 aliphatic heterocycles. The van der Waals surface area contributed by atoms with Gasteiger partial charge in [-0.2, -0.15) is 0 Å². The van der Waals surface area contributed by atoms with Crippen LogP contribution in [0.2, 0.25) is 0 Å². The summed E-state index contributed by atoms with van der Waals surface area (Å²) >= 11 is 0. The van der Waals surface area contributed by atoms with Crippen molar-refractivity contribution in [3.05, 3.63) is 23.8 Å². The molecule has 16 heavy (non-hydrogen) atoms. The summed E-state index contributed by atoms with van der Waals surface area (Å²) < 4.78 is 0. The van der Waals surface area contributed by atoms with Gasteiger partial charge in [0.2, 0.25) is 0 Å². The van der Waals surface area contributed by atoms with E-state index in [-0.39, 0.29) is 0 Å². The first kappa shape index (κ1) is 11.9. The summed E-state index contributed by atoms with van der Waals surface area (Å²) in [5.74, 6) is 1.04. The van der Waals surface area contributed by atoms with Crippen molar-refractivity contribution in [3.63, 3.8) is 0 Å². The molecule has 1 unspecified atom stereocenters. The Bertz CT molecular complexity index is 261. The van der Waals surface area contributed by atoms with E-state index in [0.29, 0.717) is 6.04 Å². The Morgan fingerprint density at radius 3 is 2.94 bits per heavy atom. The number of rotatable bonds is 6. The van der Waals surface area contributed by atoms with Crippen molar-refractivity contribution in [2.24, 2.45) is 5.92 Å². The SMILES string of the molecule is CCCNC1CC=CC=C1CCC1CCC1. The molecule has 0 bridgehead atoms. The van der Waals surface area contributed by atoms with Crippen LogP contribution in [0.4, 0.5) is 0 Å². The maximum atomic E-state index is 3.66. The molecule has 2 rings (SSSR count). The van der Waals surface area contributed by atoms with Crippen LogP contribution >= 0.6 is 0 Å². The zero-order chi connectivity index (χ0) is 11.2. The molecule has 0 amide bonds. The second-order valence-electron chi connectivity index (χ2n) is 5.25. The van der Waals surface area contributed by atoms with Crippen molar-refractivity contribution in [1.82, 2.24) is 5.32 Å². The van der Waals surface area contributed by atoms with Crippen LogP contribution in [0.15, 0.2) is 23.8 Å². The molecule has 1 nitrogen and oxygen atoms in total. The topological polar surface area (TPSA) is 12.0 Å². The lowest BCUT2D eigenvalue weighted by Crippen LogP contribution is -2.32. The predicted octanol–water partition coefficient (Wildman–Crippen LogP) is 3.82. The lowest BCUT2D eigenvalue weighted by molar-refractivity contribution is 0.293. The van der Waals surface area contributed by atoms with Gasteiger partial charge in [0.25, 0.3) is 0 Å². The van der Waals surface area contributed by atoms with E-state index in [1.165, 1.54) is 44.9 Å². The summed E-state index contributed by atoms with van der Waals surface area (Å²) in [5, 5.41) is 3.66. The maximum Gasteiger partial charge on any atom is 0.0317 e. The standard InChI is InChI=1S/C15H25N/c1-2-12-16-15-9-4-3-8-14(15)11-10-13-6-5-7-13/h3-4,8,13,15-16H,2,5-7,9-12H2,1H3. The first-order valence-corrected chi connectivity index (χ1v) is 6.99. The summed E-state index contributed by atoms with van der Waals surface area (Å²) in [5.41, 5.74) is 1.64.